The minimum atomic E-state index is 0.179. The summed E-state index contributed by atoms with van der Waals surface area (Å²) in [4.78, 5) is 16.3. The van der Waals surface area contributed by atoms with Crippen LogP contribution >= 0.6 is 0 Å². The Bertz CT molecular complexity index is 318. The molecule has 2 rings (SSSR count). The van der Waals surface area contributed by atoms with Gasteiger partial charge in [-0.2, -0.15) is 0 Å². The molecule has 2 fully saturated rings. The van der Waals surface area contributed by atoms with Crippen LogP contribution < -0.4 is 5.32 Å². The lowest BCUT2D eigenvalue weighted by Crippen LogP contribution is -2.42. The molecule has 0 unspecified atom stereocenters. The first-order valence-corrected chi connectivity index (χ1v) is 7.20. The number of carbonyl (C=O) groups is 1. The van der Waals surface area contributed by atoms with Crippen molar-refractivity contribution in [2.24, 2.45) is 5.92 Å². The summed E-state index contributed by atoms with van der Waals surface area (Å²) in [6.07, 6.45) is 6.10. The van der Waals surface area contributed by atoms with E-state index in [0.29, 0.717) is 25.7 Å². The largest absolute Gasteiger partial charge is 0.334 e. The highest BCUT2D eigenvalue weighted by molar-refractivity contribution is 5.78. The van der Waals surface area contributed by atoms with Gasteiger partial charge < -0.3 is 10.2 Å². The predicted molar refractivity (Wildman–Crippen MR) is 77.9 cm³/mol. The van der Waals surface area contributed by atoms with Gasteiger partial charge in [-0.3, -0.25) is 9.69 Å². The number of hydrogen-bond donors (Lipinski definition) is 1. The summed E-state index contributed by atoms with van der Waals surface area (Å²) in [6, 6.07) is 0.591. The highest BCUT2D eigenvalue weighted by atomic mass is 16.2. The number of nitrogens with one attached hydrogen (secondary N) is 1. The number of carbonyl (C=O) groups excluding carboxylic acids is 1. The molecular weight excluding hydrogens is 238 g/mol. The van der Waals surface area contributed by atoms with Crippen LogP contribution in [0, 0.1) is 5.92 Å². The van der Waals surface area contributed by atoms with Crippen molar-refractivity contribution in [3.63, 3.8) is 0 Å². The van der Waals surface area contributed by atoms with Gasteiger partial charge in [-0.15, -0.1) is 13.2 Å². The molecule has 0 saturated carbocycles. The summed E-state index contributed by atoms with van der Waals surface area (Å²) in [7, 11) is 0. The Balaban J connectivity index is 1.84. The van der Waals surface area contributed by atoms with Crippen molar-refractivity contribution in [2.45, 2.75) is 18.9 Å². The molecule has 1 N–H and O–H groups in total. The van der Waals surface area contributed by atoms with Crippen molar-refractivity contribution in [3.8, 4) is 0 Å². The van der Waals surface area contributed by atoms with E-state index in [-0.39, 0.29) is 5.91 Å². The topological polar surface area (TPSA) is 35.6 Å². The molecule has 2 aliphatic rings. The molecule has 2 saturated heterocycles. The number of likely N-dealkylation sites (tertiary alicyclic amines) is 1. The average Bonchev–Trinajstić information content (AvgIpc) is 2.80. The van der Waals surface area contributed by atoms with Crippen molar-refractivity contribution in [3.05, 3.63) is 25.3 Å². The molecule has 1 amide bonds. The average molecular weight is 263 g/mol. The highest BCUT2D eigenvalue weighted by Crippen LogP contribution is 2.24. The maximum Gasteiger partial charge on any atom is 0.237 e. The van der Waals surface area contributed by atoms with Crippen molar-refractivity contribution in [1.29, 1.82) is 0 Å². The minimum absolute atomic E-state index is 0.179. The first kappa shape index (κ1) is 14.3. The molecule has 4 nitrogen and oxygen atoms in total. The Morgan fingerprint density at radius 2 is 2.05 bits per heavy atom. The zero-order valence-electron chi connectivity index (χ0n) is 11.7. The van der Waals surface area contributed by atoms with Crippen LogP contribution in [0.3, 0.4) is 0 Å². The van der Waals surface area contributed by atoms with E-state index in [1.165, 1.54) is 12.8 Å². The molecule has 2 heterocycles. The molecule has 2 atom stereocenters. The molecule has 0 aromatic heterocycles. The molecule has 2 aliphatic heterocycles. The summed E-state index contributed by atoms with van der Waals surface area (Å²) < 4.78 is 0. The lowest BCUT2D eigenvalue weighted by atomic mass is 9.94. The number of rotatable bonds is 6. The summed E-state index contributed by atoms with van der Waals surface area (Å²) in [5.74, 6) is 0.909. The van der Waals surface area contributed by atoms with Gasteiger partial charge in [0.05, 0.1) is 6.54 Å². The van der Waals surface area contributed by atoms with Crippen LogP contribution in [0.25, 0.3) is 0 Å². The number of fused-ring (bicyclic) bond motifs is 1. The zero-order valence-corrected chi connectivity index (χ0v) is 11.7. The predicted octanol–water partition coefficient (Wildman–Crippen LogP) is 0.871. The summed E-state index contributed by atoms with van der Waals surface area (Å²) in [6.45, 7) is 12.3. The van der Waals surface area contributed by atoms with Gasteiger partial charge in [0.1, 0.15) is 0 Å². The first-order chi connectivity index (χ1) is 9.24. The van der Waals surface area contributed by atoms with Crippen molar-refractivity contribution in [1.82, 2.24) is 15.1 Å². The lowest BCUT2D eigenvalue weighted by Gasteiger charge is -2.24. The van der Waals surface area contributed by atoms with Gasteiger partial charge in [0, 0.05) is 32.2 Å². The third-order valence-corrected chi connectivity index (χ3v) is 4.09. The second kappa shape index (κ2) is 6.87. The Labute approximate surface area is 116 Å². The standard InChI is InChI=1S/C15H25N3O/c1-3-8-18(9-4-2)15(19)12-17-10-13-6-5-7-16-14(13)11-17/h3-4,13-14,16H,1-2,5-12H2/t13-,14+/m0/s1. The zero-order chi connectivity index (χ0) is 13.7. The smallest absolute Gasteiger partial charge is 0.237 e. The number of hydrogen-bond acceptors (Lipinski definition) is 3. The number of nitrogens with zero attached hydrogens (tertiary/aromatic N) is 2. The molecule has 19 heavy (non-hydrogen) atoms. The monoisotopic (exact) mass is 263 g/mol. The molecule has 0 aliphatic carbocycles. The fourth-order valence-corrected chi connectivity index (χ4v) is 3.15. The molecule has 0 aromatic rings. The fraction of sp³-hybridized carbons (Fsp3) is 0.667. The summed E-state index contributed by atoms with van der Waals surface area (Å²) >= 11 is 0. The van der Waals surface area contributed by atoms with Crippen molar-refractivity contribution < 1.29 is 4.79 Å². The van der Waals surface area contributed by atoms with Crippen molar-refractivity contribution >= 4 is 5.91 Å². The molecule has 0 aromatic carbocycles. The van der Waals surface area contributed by atoms with Gasteiger partial charge in [0.2, 0.25) is 5.91 Å². The molecular formula is C15H25N3O. The van der Waals surface area contributed by atoms with Gasteiger partial charge in [-0.05, 0) is 25.3 Å². The SMILES string of the molecule is C=CCN(CC=C)C(=O)CN1C[C@@H]2CCCN[C@@H]2C1. The maximum atomic E-state index is 12.3. The van der Waals surface area contributed by atoms with E-state index in [4.69, 9.17) is 0 Å². The Morgan fingerprint density at radius 3 is 2.68 bits per heavy atom. The van der Waals surface area contributed by atoms with Gasteiger partial charge in [-0.25, -0.2) is 0 Å². The summed E-state index contributed by atoms with van der Waals surface area (Å²) in [5.41, 5.74) is 0. The quantitative estimate of drug-likeness (QED) is 0.722. The van der Waals surface area contributed by atoms with Crippen LogP contribution in [0.4, 0.5) is 0 Å². The second-order valence-corrected chi connectivity index (χ2v) is 5.53. The maximum absolute atomic E-state index is 12.3. The molecule has 0 spiro atoms. The van der Waals surface area contributed by atoms with Gasteiger partial charge in [0.25, 0.3) is 0 Å². The van der Waals surface area contributed by atoms with Crippen LogP contribution in [0.5, 0.6) is 0 Å². The second-order valence-electron chi connectivity index (χ2n) is 5.53. The van der Waals surface area contributed by atoms with Crippen molar-refractivity contribution in [2.75, 3.05) is 39.3 Å². The molecule has 4 heteroatoms. The Kier molecular flexibility index (Phi) is 5.16. The van der Waals surface area contributed by atoms with Crippen LogP contribution in [-0.2, 0) is 4.79 Å². The van der Waals surface area contributed by atoms with E-state index >= 15 is 0 Å². The lowest BCUT2D eigenvalue weighted by molar-refractivity contribution is -0.131. The highest BCUT2D eigenvalue weighted by Gasteiger charge is 2.35. The number of piperidine rings is 1. The van der Waals surface area contributed by atoms with Crippen LogP contribution in [0.2, 0.25) is 0 Å². The Morgan fingerprint density at radius 1 is 1.32 bits per heavy atom. The fourth-order valence-electron chi connectivity index (χ4n) is 3.15. The molecule has 106 valence electrons. The molecule has 0 radical (unpaired) electrons. The van der Waals surface area contributed by atoms with Gasteiger partial charge in [-0.1, -0.05) is 12.2 Å². The van der Waals surface area contributed by atoms with E-state index in [2.05, 4.69) is 23.4 Å². The van der Waals surface area contributed by atoms with E-state index in [1.807, 2.05) is 0 Å². The van der Waals surface area contributed by atoms with E-state index < -0.39 is 0 Å². The van der Waals surface area contributed by atoms with E-state index in [0.717, 1.165) is 25.6 Å². The molecule has 0 bridgehead atoms. The van der Waals surface area contributed by atoms with Gasteiger partial charge in [0.15, 0.2) is 0 Å². The Hall–Kier alpha value is -1.13. The number of amides is 1. The minimum Gasteiger partial charge on any atom is -0.334 e. The van der Waals surface area contributed by atoms with E-state index in [9.17, 15) is 4.79 Å². The van der Waals surface area contributed by atoms with Crippen LogP contribution in [0.1, 0.15) is 12.8 Å². The van der Waals surface area contributed by atoms with Gasteiger partial charge >= 0.3 is 0 Å². The third-order valence-electron chi connectivity index (χ3n) is 4.09. The first-order valence-electron chi connectivity index (χ1n) is 7.20. The van der Waals surface area contributed by atoms with E-state index in [1.54, 1.807) is 17.1 Å². The normalized spacial score (nSPS) is 26.7. The van der Waals surface area contributed by atoms with Crippen LogP contribution in [-0.4, -0.2) is 61.0 Å². The summed E-state index contributed by atoms with van der Waals surface area (Å²) in [5, 5.41) is 3.56. The third kappa shape index (κ3) is 3.67. The van der Waals surface area contributed by atoms with Crippen LogP contribution in [0.15, 0.2) is 25.3 Å².